The van der Waals surface area contributed by atoms with Crippen LogP contribution in [0, 0.1) is 6.92 Å². The van der Waals surface area contributed by atoms with Crippen molar-refractivity contribution < 1.29 is 0 Å². The zero-order valence-corrected chi connectivity index (χ0v) is 12.7. The summed E-state index contributed by atoms with van der Waals surface area (Å²) in [7, 11) is 0. The third-order valence-electron chi connectivity index (χ3n) is 2.88. The van der Waals surface area contributed by atoms with Crippen molar-refractivity contribution >= 4 is 32.9 Å². The number of nitrogens with one attached hydrogen (secondary N) is 1. The molecule has 98 valence electrons. The Hall–Kier alpha value is -1.31. The summed E-state index contributed by atoms with van der Waals surface area (Å²) in [6.45, 7) is 3.62. The second-order valence-electron chi connectivity index (χ2n) is 4.15. The van der Waals surface area contributed by atoms with Crippen molar-refractivity contribution in [3.8, 4) is 0 Å². The van der Waals surface area contributed by atoms with Gasteiger partial charge in [0.2, 0.25) is 0 Å². The Morgan fingerprint density at radius 2 is 2.16 bits per heavy atom. The van der Waals surface area contributed by atoms with Crippen molar-refractivity contribution in [2.45, 2.75) is 20.0 Å². The van der Waals surface area contributed by atoms with Gasteiger partial charge in [-0.3, -0.25) is 4.40 Å². The van der Waals surface area contributed by atoms with Crippen molar-refractivity contribution in [2.24, 2.45) is 0 Å². The maximum absolute atomic E-state index is 4.32. The summed E-state index contributed by atoms with van der Waals surface area (Å²) >= 11 is 5.05. The van der Waals surface area contributed by atoms with Crippen LogP contribution >= 0.6 is 27.3 Å². The normalized spacial score (nSPS) is 11.3. The Labute approximate surface area is 122 Å². The summed E-state index contributed by atoms with van der Waals surface area (Å²) in [6, 6.07) is 0. The zero-order valence-electron chi connectivity index (χ0n) is 10.3. The Morgan fingerprint density at radius 3 is 2.95 bits per heavy atom. The molecule has 0 bridgehead atoms. The molecule has 5 nitrogen and oxygen atoms in total. The Bertz CT molecular complexity index is 705. The second-order valence-corrected chi connectivity index (χ2v) is 5.90. The van der Waals surface area contributed by atoms with Gasteiger partial charge < -0.3 is 5.32 Å². The number of rotatable bonds is 4. The van der Waals surface area contributed by atoms with Gasteiger partial charge in [0.1, 0.15) is 4.60 Å². The molecule has 1 N–H and O–H groups in total. The van der Waals surface area contributed by atoms with Crippen LogP contribution in [0.2, 0.25) is 0 Å². The van der Waals surface area contributed by atoms with Crippen LogP contribution < -0.4 is 5.32 Å². The fourth-order valence-corrected chi connectivity index (χ4v) is 2.90. The molecule has 3 heterocycles. The standard InChI is InChI=1S/C12H12BrN5S/c1-8-10(19-7-17-8)4-14-2-9-3-16-12-5-15-11(13)6-18(9)12/h3,5-7,14H,2,4H2,1H3. The maximum atomic E-state index is 4.32. The van der Waals surface area contributed by atoms with Crippen LogP contribution in [0.5, 0.6) is 0 Å². The predicted molar refractivity (Wildman–Crippen MR) is 78.1 cm³/mol. The molecule has 0 aliphatic rings. The first-order chi connectivity index (χ1) is 9.24. The monoisotopic (exact) mass is 337 g/mol. The number of fused-ring (bicyclic) bond motifs is 1. The summed E-state index contributed by atoms with van der Waals surface area (Å²) in [5, 5.41) is 3.42. The fourth-order valence-electron chi connectivity index (χ4n) is 1.85. The molecular weight excluding hydrogens is 326 g/mol. The first-order valence-electron chi connectivity index (χ1n) is 5.81. The average Bonchev–Trinajstić information content (AvgIpc) is 2.97. The summed E-state index contributed by atoms with van der Waals surface area (Å²) < 4.78 is 2.83. The lowest BCUT2D eigenvalue weighted by Gasteiger charge is -2.04. The zero-order chi connectivity index (χ0) is 13.2. The van der Waals surface area contributed by atoms with Crippen molar-refractivity contribution in [1.29, 1.82) is 0 Å². The summed E-state index contributed by atoms with van der Waals surface area (Å²) in [5.74, 6) is 0. The molecule has 0 aliphatic carbocycles. The van der Waals surface area contributed by atoms with Crippen LogP contribution in [0.25, 0.3) is 5.65 Å². The van der Waals surface area contributed by atoms with E-state index in [2.05, 4.69) is 36.2 Å². The minimum Gasteiger partial charge on any atom is -0.306 e. The van der Waals surface area contributed by atoms with E-state index in [1.807, 2.05) is 29.2 Å². The molecule has 0 spiro atoms. The number of thiazole rings is 1. The molecule has 0 saturated heterocycles. The SMILES string of the molecule is Cc1ncsc1CNCc1cnc2cnc(Br)cn12. The van der Waals surface area contributed by atoms with Crippen LogP contribution in [0.15, 0.2) is 28.7 Å². The number of aromatic nitrogens is 4. The van der Waals surface area contributed by atoms with Gasteiger partial charge >= 0.3 is 0 Å². The minimum absolute atomic E-state index is 0.759. The molecule has 7 heteroatoms. The van der Waals surface area contributed by atoms with Gasteiger partial charge in [0, 0.05) is 24.2 Å². The van der Waals surface area contributed by atoms with Gasteiger partial charge in [-0.1, -0.05) is 0 Å². The van der Waals surface area contributed by atoms with E-state index >= 15 is 0 Å². The highest BCUT2D eigenvalue weighted by atomic mass is 79.9. The predicted octanol–water partition coefficient (Wildman–Crippen LogP) is 2.55. The van der Waals surface area contributed by atoms with Crippen molar-refractivity contribution in [3.63, 3.8) is 0 Å². The average molecular weight is 338 g/mol. The van der Waals surface area contributed by atoms with Gasteiger partial charge in [0.25, 0.3) is 0 Å². The first kappa shape index (κ1) is 12.7. The van der Waals surface area contributed by atoms with Crippen molar-refractivity contribution in [1.82, 2.24) is 24.7 Å². The highest BCUT2D eigenvalue weighted by Crippen LogP contribution is 2.13. The van der Waals surface area contributed by atoms with Crippen molar-refractivity contribution in [2.75, 3.05) is 0 Å². The molecule has 0 aliphatic heterocycles. The van der Waals surface area contributed by atoms with Gasteiger partial charge in [-0.05, 0) is 22.9 Å². The van der Waals surface area contributed by atoms with Gasteiger partial charge in [-0.25, -0.2) is 15.0 Å². The molecule has 0 radical (unpaired) electrons. The van der Waals surface area contributed by atoms with E-state index in [1.165, 1.54) is 4.88 Å². The highest BCUT2D eigenvalue weighted by Gasteiger charge is 2.05. The van der Waals surface area contributed by atoms with Crippen LogP contribution in [0.4, 0.5) is 0 Å². The second kappa shape index (κ2) is 5.36. The van der Waals surface area contributed by atoms with Crippen molar-refractivity contribution in [3.05, 3.63) is 45.0 Å². The molecule has 0 saturated carbocycles. The molecule has 0 unspecified atom stereocenters. The molecule has 19 heavy (non-hydrogen) atoms. The van der Waals surface area contributed by atoms with Crippen LogP contribution in [-0.2, 0) is 13.1 Å². The number of aryl methyl sites for hydroxylation is 1. The Kier molecular flexibility index (Phi) is 3.58. The largest absolute Gasteiger partial charge is 0.306 e. The summed E-state index contributed by atoms with van der Waals surface area (Å²) in [4.78, 5) is 14.0. The Balaban J connectivity index is 1.72. The van der Waals surface area contributed by atoms with E-state index in [4.69, 9.17) is 0 Å². The molecule has 0 aromatic carbocycles. The lowest BCUT2D eigenvalue weighted by Crippen LogP contribution is -2.14. The number of hydrogen-bond donors (Lipinski definition) is 1. The molecular formula is C12H12BrN5S. The number of hydrogen-bond acceptors (Lipinski definition) is 5. The summed E-state index contributed by atoms with van der Waals surface area (Å²) in [5.41, 5.74) is 4.94. The molecule has 3 aromatic heterocycles. The third-order valence-corrected chi connectivity index (χ3v) is 4.22. The van der Waals surface area contributed by atoms with Crippen LogP contribution in [0.1, 0.15) is 16.3 Å². The van der Waals surface area contributed by atoms with E-state index in [1.54, 1.807) is 17.5 Å². The van der Waals surface area contributed by atoms with Gasteiger partial charge in [-0.2, -0.15) is 0 Å². The van der Waals surface area contributed by atoms with E-state index in [-0.39, 0.29) is 0 Å². The van der Waals surface area contributed by atoms with E-state index in [0.29, 0.717) is 0 Å². The third kappa shape index (κ3) is 2.68. The van der Waals surface area contributed by atoms with Gasteiger partial charge in [-0.15, -0.1) is 11.3 Å². The smallest absolute Gasteiger partial charge is 0.155 e. The van der Waals surface area contributed by atoms with E-state index < -0.39 is 0 Å². The molecule has 3 aromatic rings. The van der Waals surface area contributed by atoms with Gasteiger partial charge in [0.05, 0.1) is 29.3 Å². The lowest BCUT2D eigenvalue weighted by molar-refractivity contribution is 0.678. The lowest BCUT2D eigenvalue weighted by atomic mass is 10.4. The Morgan fingerprint density at radius 1 is 1.26 bits per heavy atom. The number of imidazole rings is 1. The topological polar surface area (TPSA) is 55.1 Å². The minimum atomic E-state index is 0.759. The molecule has 3 rings (SSSR count). The molecule has 0 atom stereocenters. The van der Waals surface area contributed by atoms with E-state index in [9.17, 15) is 0 Å². The van der Waals surface area contributed by atoms with E-state index in [0.717, 1.165) is 34.7 Å². The molecule has 0 amide bonds. The number of nitrogens with zero attached hydrogens (tertiary/aromatic N) is 4. The highest BCUT2D eigenvalue weighted by molar-refractivity contribution is 9.10. The van der Waals surface area contributed by atoms with Gasteiger partial charge in [0.15, 0.2) is 5.65 Å². The molecule has 0 fully saturated rings. The first-order valence-corrected chi connectivity index (χ1v) is 7.48. The number of halogens is 1. The van der Waals surface area contributed by atoms with Crippen LogP contribution in [0.3, 0.4) is 0 Å². The maximum Gasteiger partial charge on any atom is 0.155 e. The fraction of sp³-hybridized carbons (Fsp3) is 0.250. The van der Waals surface area contributed by atoms with Crippen LogP contribution in [-0.4, -0.2) is 19.4 Å². The summed E-state index contributed by atoms with van der Waals surface area (Å²) in [6.07, 6.45) is 5.55. The quantitative estimate of drug-likeness (QED) is 0.794.